The number of ether oxygens (including phenoxy) is 3. The molecule has 124 valence electrons. The van der Waals surface area contributed by atoms with Crippen LogP contribution in [0.25, 0.3) is 0 Å². The van der Waals surface area contributed by atoms with Crippen molar-refractivity contribution in [2.24, 2.45) is 0 Å². The average molecular weight is 310 g/mol. The van der Waals surface area contributed by atoms with Gasteiger partial charge in [-0.05, 0) is 31.5 Å². The Morgan fingerprint density at radius 3 is 2.77 bits per heavy atom. The zero-order chi connectivity index (χ0) is 16.2. The van der Waals surface area contributed by atoms with E-state index < -0.39 is 0 Å². The highest BCUT2D eigenvalue weighted by molar-refractivity contribution is 5.89. The molecule has 2 amide bonds. The number of hydrogen-bond donors (Lipinski definition) is 2. The van der Waals surface area contributed by atoms with Gasteiger partial charge in [0.15, 0.2) is 0 Å². The number of amides is 2. The van der Waals surface area contributed by atoms with Crippen LogP contribution in [0, 0.1) is 0 Å². The molecule has 0 spiro atoms. The molecular formula is C16H26N2O4. The van der Waals surface area contributed by atoms with E-state index in [1.807, 2.05) is 38.1 Å². The van der Waals surface area contributed by atoms with E-state index in [1.165, 1.54) is 0 Å². The number of rotatable bonds is 10. The number of carbonyl (C=O) groups is 1. The van der Waals surface area contributed by atoms with Crippen LogP contribution in [0.15, 0.2) is 24.3 Å². The smallest absolute Gasteiger partial charge is 0.319 e. The molecule has 0 fully saturated rings. The molecule has 1 rings (SSSR count). The summed E-state index contributed by atoms with van der Waals surface area (Å²) in [5.74, 6) is 0. The van der Waals surface area contributed by atoms with Crippen molar-refractivity contribution < 1.29 is 19.0 Å². The van der Waals surface area contributed by atoms with Crippen LogP contribution in [0.1, 0.15) is 19.4 Å². The molecule has 6 nitrogen and oxygen atoms in total. The molecule has 22 heavy (non-hydrogen) atoms. The van der Waals surface area contributed by atoms with Gasteiger partial charge in [0, 0.05) is 19.4 Å². The number of methoxy groups -OCH3 is 1. The van der Waals surface area contributed by atoms with Gasteiger partial charge >= 0.3 is 6.03 Å². The van der Waals surface area contributed by atoms with Crippen LogP contribution in [-0.2, 0) is 20.8 Å². The quantitative estimate of drug-likeness (QED) is 0.651. The van der Waals surface area contributed by atoms with Gasteiger partial charge in [-0.2, -0.15) is 0 Å². The van der Waals surface area contributed by atoms with E-state index in [0.29, 0.717) is 33.0 Å². The number of nitrogens with one attached hydrogen (secondary N) is 2. The van der Waals surface area contributed by atoms with Crippen LogP contribution >= 0.6 is 0 Å². The lowest BCUT2D eigenvalue weighted by Gasteiger charge is -2.14. The molecule has 1 aromatic carbocycles. The highest BCUT2D eigenvalue weighted by Crippen LogP contribution is 2.11. The van der Waals surface area contributed by atoms with Crippen LogP contribution in [0.5, 0.6) is 0 Å². The van der Waals surface area contributed by atoms with Gasteiger partial charge in [-0.3, -0.25) is 0 Å². The second kappa shape index (κ2) is 11.0. The van der Waals surface area contributed by atoms with E-state index in [9.17, 15) is 4.79 Å². The molecule has 0 radical (unpaired) electrons. The van der Waals surface area contributed by atoms with Crippen LogP contribution in [0.4, 0.5) is 10.5 Å². The first-order valence-corrected chi connectivity index (χ1v) is 7.46. The highest BCUT2D eigenvalue weighted by atomic mass is 16.5. The molecule has 2 N–H and O–H groups in total. The topological polar surface area (TPSA) is 68.8 Å². The van der Waals surface area contributed by atoms with Crippen molar-refractivity contribution in [1.82, 2.24) is 5.32 Å². The molecule has 0 bridgehead atoms. The summed E-state index contributed by atoms with van der Waals surface area (Å²) >= 11 is 0. The predicted octanol–water partition coefficient (Wildman–Crippen LogP) is 2.40. The van der Waals surface area contributed by atoms with Crippen LogP contribution in [0.2, 0.25) is 0 Å². The van der Waals surface area contributed by atoms with Crippen molar-refractivity contribution in [1.29, 1.82) is 0 Å². The van der Waals surface area contributed by atoms with Crippen LogP contribution < -0.4 is 10.6 Å². The number of urea groups is 1. The summed E-state index contributed by atoms with van der Waals surface area (Å²) < 4.78 is 15.7. The maximum atomic E-state index is 11.8. The number of hydrogen-bond acceptors (Lipinski definition) is 4. The molecule has 0 aliphatic heterocycles. The van der Waals surface area contributed by atoms with Gasteiger partial charge in [-0.25, -0.2) is 4.79 Å². The Balaban J connectivity index is 2.38. The Labute approximate surface area is 132 Å². The average Bonchev–Trinajstić information content (AvgIpc) is 2.47. The monoisotopic (exact) mass is 310 g/mol. The molecule has 1 unspecified atom stereocenters. The van der Waals surface area contributed by atoms with Gasteiger partial charge in [0.1, 0.15) is 0 Å². The number of benzene rings is 1. The fourth-order valence-electron chi connectivity index (χ4n) is 1.87. The fraction of sp³-hybridized carbons (Fsp3) is 0.562. The maximum Gasteiger partial charge on any atom is 0.319 e. The molecule has 0 saturated carbocycles. The minimum atomic E-state index is -0.251. The van der Waals surface area contributed by atoms with Crippen molar-refractivity contribution in [2.45, 2.75) is 26.5 Å². The first-order chi connectivity index (χ1) is 10.7. The van der Waals surface area contributed by atoms with E-state index in [0.717, 1.165) is 11.3 Å². The molecule has 1 aromatic rings. The summed E-state index contributed by atoms with van der Waals surface area (Å²) in [6.07, 6.45) is 0. The van der Waals surface area contributed by atoms with E-state index >= 15 is 0 Å². The molecule has 6 heteroatoms. The molecule has 0 aliphatic carbocycles. The first-order valence-electron chi connectivity index (χ1n) is 7.46. The first kappa shape index (κ1) is 18.4. The summed E-state index contributed by atoms with van der Waals surface area (Å²) in [6.45, 7) is 6.64. The largest absolute Gasteiger partial charge is 0.383 e. The summed E-state index contributed by atoms with van der Waals surface area (Å²) in [7, 11) is 1.60. The Hall–Kier alpha value is -1.63. The SMILES string of the molecule is CCOCCOCc1cccc(NC(=O)NC(C)COC)c1. The zero-order valence-corrected chi connectivity index (χ0v) is 13.6. The zero-order valence-electron chi connectivity index (χ0n) is 13.6. The third-order valence-electron chi connectivity index (χ3n) is 2.82. The van der Waals surface area contributed by atoms with E-state index in [2.05, 4.69) is 10.6 Å². The fourth-order valence-corrected chi connectivity index (χ4v) is 1.87. The molecule has 1 atom stereocenters. The minimum Gasteiger partial charge on any atom is -0.383 e. The van der Waals surface area contributed by atoms with Gasteiger partial charge in [-0.15, -0.1) is 0 Å². The van der Waals surface area contributed by atoms with Gasteiger partial charge < -0.3 is 24.8 Å². The molecule has 0 saturated heterocycles. The van der Waals surface area contributed by atoms with Crippen molar-refractivity contribution >= 4 is 11.7 Å². The standard InChI is InChI=1S/C16H26N2O4/c1-4-21-8-9-22-12-14-6-5-7-15(10-14)18-16(19)17-13(2)11-20-3/h5-7,10,13H,4,8-9,11-12H2,1-3H3,(H2,17,18,19). The van der Waals surface area contributed by atoms with Gasteiger partial charge in [0.05, 0.1) is 32.5 Å². The Bertz CT molecular complexity index is 440. The third kappa shape index (κ3) is 7.97. The molecular weight excluding hydrogens is 284 g/mol. The summed E-state index contributed by atoms with van der Waals surface area (Å²) in [4.78, 5) is 11.8. The number of anilines is 1. The van der Waals surface area contributed by atoms with Crippen molar-refractivity contribution in [3.05, 3.63) is 29.8 Å². The number of carbonyl (C=O) groups excluding carboxylic acids is 1. The predicted molar refractivity (Wildman–Crippen MR) is 86.1 cm³/mol. The molecule has 0 aromatic heterocycles. The van der Waals surface area contributed by atoms with E-state index in [4.69, 9.17) is 14.2 Å². The Morgan fingerprint density at radius 1 is 1.27 bits per heavy atom. The Kier molecular flexibility index (Phi) is 9.21. The highest BCUT2D eigenvalue weighted by Gasteiger charge is 2.07. The van der Waals surface area contributed by atoms with Gasteiger partial charge in [0.25, 0.3) is 0 Å². The van der Waals surface area contributed by atoms with Gasteiger partial charge in [0.2, 0.25) is 0 Å². The summed E-state index contributed by atoms with van der Waals surface area (Å²) in [5.41, 5.74) is 1.73. The Morgan fingerprint density at radius 2 is 2.05 bits per heavy atom. The lowest BCUT2D eigenvalue weighted by Crippen LogP contribution is -2.38. The molecule has 0 aliphatic rings. The van der Waals surface area contributed by atoms with Crippen LogP contribution in [-0.4, -0.2) is 45.6 Å². The maximum absolute atomic E-state index is 11.8. The van der Waals surface area contributed by atoms with Crippen molar-refractivity contribution in [2.75, 3.05) is 38.9 Å². The van der Waals surface area contributed by atoms with E-state index in [-0.39, 0.29) is 12.1 Å². The van der Waals surface area contributed by atoms with Crippen LogP contribution in [0.3, 0.4) is 0 Å². The van der Waals surface area contributed by atoms with Gasteiger partial charge in [-0.1, -0.05) is 12.1 Å². The lowest BCUT2D eigenvalue weighted by atomic mass is 10.2. The minimum absolute atomic E-state index is 0.0462. The lowest BCUT2D eigenvalue weighted by molar-refractivity contribution is 0.0453. The molecule has 0 heterocycles. The van der Waals surface area contributed by atoms with Crippen molar-refractivity contribution in [3.63, 3.8) is 0 Å². The second-order valence-electron chi connectivity index (χ2n) is 4.90. The van der Waals surface area contributed by atoms with Crippen molar-refractivity contribution in [3.8, 4) is 0 Å². The summed E-state index contributed by atoms with van der Waals surface area (Å²) in [6, 6.07) is 7.27. The third-order valence-corrected chi connectivity index (χ3v) is 2.82. The normalized spacial score (nSPS) is 12.0. The second-order valence-corrected chi connectivity index (χ2v) is 4.90. The summed E-state index contributed by atoms with van der Waals surface area (Å²) in [5, 5.41) is 5.59. The van der Waals surface area contributed by atoms with E-state index in [1.54, 1.807) is 7.11 Å².